The molecule has 0 fully saturated rings. The van der Waals surface area contributed by atoms with E-state index in [0.717, 1.165) is 0 Å². The fraction of sp³-hybridized carbons (Fsp3) is 0.318. The molecular weight excluding hydrogens is 374 g/mol. The van der Waals surface area contributed by atoms with Gasteiger partial charge in [-0.1, -0.05) is 12.1 Å². The van der Waals surface area contributed by atoms with Crippen molar-refractivity contribution in [2.45, 2.75) is 32.8 Å². The van der Waals surface area contributed by atoms with Gasteiger partial charge in [0.25, 0.3) is 5.91 Å². The van der Waals surface area contributed by atoms with Crippen molar-refractivity contribution in [2.75, 3.05) is 19.0 Å². The van der Waals surface area contributed by atoms with Crippen LogP contribution in [0.2, 0.25) is 0 Å². The number of anilines is 1. The molecule has 1 amide bonds. The third-order valence-electron chi connectivity index (χ3n) is 4.09. The lowest BCUT2D eigenvalue weighted by Crippen LogP contribution is -2.30. The molecule has 1 N–H and O–H groups in total. The fourth-order valence-corrected chi connectivity index (χ4v) is 2.56. The van der Waals surface area contributed by atoms with Crippen molar-refractivity contribution in [3.63, 3.8) is 0 Å². The Morgan fingerprint density at radius 2 is 1.69 bits per heavy atom. The Morgan fingerprint density at radius 1 is 1.00 bits per heavy atom. The van der Waals surface area contributed by atoms with Gasteiger partial charge in [-0.2, -0.15) is 0 Å². The number of hydrogen-bond acceptors (Lipinski definition) is 6. The number of para-hydroxylation sites is 2. The third kappa shape index (κ3) is 6.64. The van der Waals surface area contributed by atoms with Gasteiger partial charge in [-0.15, -0.1) is 0 Å². The molecule has 0 spiro atoms. The predicted octanol–water partition coefficient (Wildman–Crippen LogP) is 3.63. The van der Waals surface area contributed by atoms with Crippen molar-refractivity contribution in [1.29, 1.82) is 0 Å². The minimum absolute atomic E-state index is 0.00629. The standard InChI is InChI=1S/C22H25NO6/c1-4-28-17-11-9-16(10-12-17)19(24)13-14-21(25)29-15(2)22(26)23-18-7-5-6-8-20(18)27-3/h5-12,15H,4,13-14H2,1-3H3,(H,23,26)/t15-/m1/s1. The van der Waals surface area contributed by atoms with Crippen LogP contribution in [0.15, 0.2) is 48.5 Å². The molecule has 0 aliphatic rings. The molecule has 154 valence electrons. The first kappa shape index (κ1) is 21.9. The van der Waals surface area contributed by atoms with Crippen molar-refractivity contribution in [3.8, 4) is 11.5 Å². The molecular formula is C22H25NO6. The summed E-state index contributed by atoms with van der Waals surface area (Å²) in [6, 6.07) is 13.6. The van der Waals surface area contributed by atoms with Crippen molar-refractivity contribution in [3.05, 3.63) is 54.1 Å². The zero-order chi connectivity index (χ0) is 21.2. The minimum atomic E-state index is -1.01. The van der Waals surface area contributed by atoms with E-state index in [1.54, 1.807) is 48.5 Å². The van der Waals surface area contributed by atoms with Crippen molar-refractivity contribution < 1.29 is 28.6 Å². The van der Waals surface area contributed by atoms with Crippen LogP contribution in [0.3, 0.4) is 0 Å². The average Bonchev–Trinajstić information content (AvgIpc) is 2.73. The number of hydrogen-bond donors (Lipinski definition) is 1. The molecule has 0 saturated carbocycles. The zero-order valence-electron chi connectivity index (χ0n) is 16.8. The topological polar surface area (TPSA) is 90.9 Å². The first-order valence-electron chi connectivity index (χ1n) is 9.34. The molecule has 2 rings (SSSR count). The molecule has 7 nitrogen and oxygen atoms in total. The molecule has 0 aliphatic heterocycles. The molecule has 2 aromatic rings. The highest BCUT2D eigenvalue weighted by Gasteiger charge is 2.20. The lowest BCUT2D eigenvalue weighted by molar-refractivity contribution is -0.153. The highest BCUT2D eigenvalue weighted by atomic mass is 16.5. The van der Waals surface area contributed by atoms with Gasteiger partial charge in [-0.25, -0.2) is 0 Å². The second-order valence-electron chi connectivity index (χ2n) is 6.20. The Morgan fingerprint density at radius 3 is 2.34 bits per heavy atom. The quantitative estimate of drug-likeness (QED) is 0.485. The number of carbonyl (C=O) groups is 3. The van der Waals surface area contributed by atoms with Crippen molar-refractivity contribution >= 4 is 23.3 Å². The maximum absolute atomic E-state index is 12.2. The molecule has 0 unspecified atom stereocenters. The summed E-state index contributed by atoms with van der Waals surface area (Å²) in [4.78, 5) is 36.5. The molecule has 7 heteroatoms. The van der Waals surface area contributed by atoms with Crippen LogP contribution in [0.4, 0.5) is 5.69 Å². The molecule has 0 bridgehead atoms. The van der Waals surface area contributed by atoms with E-state index in [1.165, 1.54) is 14.0 Å². The lowest BCUT2D eigenvalue weighted by Gasteiger charge is -2.15. The summed E-state index contributed by atoms with van der Waals surface area (Å²) in [5, 5.41) is 2.65. The van der Waals surface area contributed by atoms with E-state index in [2.05, 4.69) is 5.32 Å². The summed E-state index contributed by atoms with van der Waals surface area (Å²) >= 11 is 0. The number of rotatable bonds is 10. The van der Waals surface area contributed by atoms with Gasteiger partial charge in [0.15, 0.2) is 11.9 Å². The number of amides is 1. The Labute approximate surface area is 170 Å². The van der Waals surface area contributed by atoms with E-state index in [0.29, 0.717) is 29.4 Å². The summed E-state index contributed by atoms with van der Waals surface area (Å²) in [5.74, 6) is -0.109. The van der Waals surface area contributed by atoms with Crippen LogP contribution in [0.5, 0.6) is 11.5 Å². The Bertz CT molecular complexity index is 847. The number of methoxy groups -OCH3 is 1. The highest BCUT2D eigenvalue weighted by molar-refractivity contribution is 5.98. The number of ketones is 1. The summed E-state index contributed by atoms with van der Waals surface area (Å²) < 4.78 is 15.6. The molecule has 0 aliphatic carbocycles. The van der Waals surface area contributed by atoms with E-state index in [9.17, 15) is 14.4 Å². The van der Waals surface area contributed by atoms with Crippen LogP contribution in [-0.2, 0) is 14.3 Å². The minimum Gasteiger partial charge on any atom is -0.495 e. The van der Waals surface area contributed by atoms with Crippen LogP contribution in [0.25, 0.3) is 0 Å². The number of ether oxygens (including phenoxy) is 3. The maximum atomic E-state index is 12.2. The maximum Gasteiger partial charge on any atom is 0.307 e. The van der Waals surface area contributed by atoms with E-state index in [-0.39, 0.29) is 18.6 Å². The molecule has 0 saturated heterocycles. The van der Waals surface area contributed by atoms with Gasteiger partial charge in [-0.05, 0) is 50.2 Å². The normalized spacial score (nSPS) is 11.3. The summed E-state index contributed by atoms with van der Waals surface area (Å²) in [7, 11) is 1.50. The van der Waals surface area contributed by atoms with Crippen LogP contribution in [0, 0.1) is 0 Å². The largest absolute Gasteiger partial charge is 0.495 e. The number of nitrogens with one attached hydrogen (secondary N) is 1. The van der Waals surface area contributed by atoms with E-state index in [1.807, 2.05) is 6.92 Å². The van der Waals surface area contributed by atoms with Crippen LogP contribution in [0.1, 0.15) is 37.0 Å². The van der Waals surface area contributed by atoms with Gasteiger partial charge < -0.3 is 19.5 Å². The summed E-state index contributed by atoms with van der Waals surface area (Å²) in [6.45, 7) is 3.89. The predicted molar refractivity (Wildman–Crippen MR) is 108 cm³/mol. The van der Waals surface area contributed by atoms with Gasteiger partial charge in [0, 0.05) is 12.0 Å². The Balaban J connectivity index is 1.81. The second kappa shape index (κ2) is 10.8. The van der Waals surface area contributed by atoms with Gasteiger partial charge in [0.2, 0.25) is 0 Å². The molecule has 2 aromatic carbocycles. The average molecular weight is 399 g/mol. The number of esters is 1. The molecule has 29 heavy (non-hydrogen) atoms. The highest BCUT2D eigenvalue weighted by Crippen LogP contribution is 2.23. The Kier molecular flexibility index (Phi) is 8.21. The van der Waals surface area contributed by atoms with Gasteiger partial charge in [-0.3, -0.25) is 14.4 Å². The first-order chi connectivity index (χ1) is 13.9. The lowest BCUT2D eigenvalue weighted by atomic mass is 10.1. The second-order valence-corrected chi connectivity index (χ2v) is 6.20. The van der Waals surface area contributed by atoms with Gasteiger partial charge in [0.1, 0.15) is 11.5 Å². The third-order valence-corrected chi connectivity index (χ3v) is 4.09. The number of benzene rings is 2. The monoisotopic (exact) mass is 399 g/mol. The van der Waals surface area contributed by atoms with Gasteiger partial charge in [0.05, 0.1) is 25.8 Å². The molecule has 0 radical (unpaired) electrons. The van der Waals surface area contributed by atoms with E-state index < -0.39 is 18.0 Å². The van der Waals surface area contributed by atoms with Crippen molar-refractivity contribution in [1.82, 2.24) is 0 Å². The fourth-order valence-electron chi connectivity index (χ4n) is 2.56. The number of carbonyl (C=O) groups excluding carboxylic acids is 3. The molecule has 0 aromatic heterocycles. The first-order valence-corrected chi connectivity index (χ1v) is 9.34. The summed E-state index contributed by atoms with van der Waals surface area (Å²) in [5.41, 5.74) is 0.969. The van der Waals surface area contributed by atoms with Crippen LogP contribution in [-0.4, -0.2) is 37.5 Å². The van der Waals surface area contributed by atoms with E-state index in [4.69, 9.17) is 14.2 Å². The zero-order valence-corrected chi connectivity index (χ0v) is 16.8. The van der Waals surface area contributed by atoms with Gasteiger partial charge >= 0.3 is 5.97 Å². The number of Topliss-reactive ketones (excluding diaryl/α,β-unsaturated/α-hetero) is 1. The smallest absolute Gasteiger partial charge is 0.307 e. The van der Waals surface area contributed by atoms with E-state index >= 15 is 0 Å². The van der Waals surface area contributed by atoms with Crippen LogP contribution >= 0.6 is 0 Å². The SMILES string of the molecule is CCOc1ccc(C(=O)CCC(=O)O[C@H](C)C(=O)Nc2ccccc2OC)cc1. The Hall–Kier alpha value is -3.35. The summed E-state index contributed by atoms with van der Waals surface area (Å²) in [6.07, 6.45) is -1.13. The molecule has 0 heterocycles. The van der Waals surface area contributed by atoms with Crippen molar-refractivity contribution in [2.24, 2.45) is 0 Å². The molecule has 1 atom stereocenters. The van der Waals surface area contributed by atoms with Crippen LogP contribution < -0.4 is 14.8 Å².